The largest absolute Gasteiger partial charge is 0.477 e. The van der Waals surface area contributed by atoms with Crippen LogP contribution in [-0.4, -0.2) is 70.3 Å². The number of hydrogen-bond donors (Lipinski definition) is 4. The Morgan fingerprint density at radius 2 is 1.80 bits per heavy atom. The number of rotatable bonds is 8. The summed E-state index contributed by atoms with van der Waals surface area (Å²) in [5.74, 6) is 2.96. The summed E-state index contributed by atoms with van der Waals surface area (Å²) in [6.45, 7) is 9.59. The van der Waals surface area contributed by atoms with E-state index in [1.807, 2.05) is 11.9 Å². The van der Waals surface area contributed by atoms with Crippen molar-refractivity contribution in [1.82, 2.24) is 35.4 Å². The van der Waals surface area contributed by atoms with E-state index >= 15 is 0 Å². The lowest BCUT2D eigenvalue weighted by Gasteiger charge is -2.47. The van der Waals surface area contributed by atoms with Crippen molar-refractivity contribution >= 4 is 11.9 Å². The van der Waals surface area contributed by atoms with Gasteiger partial charge in [0.15, 0.2) is 0 Å². The molecule has 4 bridgehead atoms. The van der Waals surface area contributed by atoms with Gasteiger partial charge in [-0.2, -0.15) is 0 Å². The summed E-state index contributed by atoms with van der Waals surface area (Å²) in [6, 6.07) is 12.7. The van der Waals surface area contributed by atoms with E-state index in [1.165, 1.54) is 63.4 Å². The van der Waals surface area contributed by atoms with E-state index in [1.54, 1.807) is 0 Å². The van der Waals surface area contributed by atoms with Crippen LogP contribution in [0.4, 0.5) is 0 Å². The molecular weight excluding hydrogens is 631 g/mol. The van der Waals surface area contributed by atoms with Crippen LogP contribution >= 0.6 is 11.9 Å². The molecule has 268 valence electrons. The number of nitrogens with one attached hydrogen (secondary N) is 4. The molecule has 0 amide bonds. The van der Waals surface area contributed by atoms with E-state index in [0.717, 1.165) is 68.1 Å². The molecule has 7 aliphatic rings. The molecule has 7 unspecified atom stereocenters. The summed E-state index contributed by atoms with van der Waals surface area (Å²) in [5.41, 5.74) is 2.91. The summed E-state index contributed by atoms with van der Waals surface area (Å²) in [5, 5.41) is 17.3. The Balaban J connectivity index is 0.832. The number of hydrogen-bond acceptors (Lipinski definition) is 9. The van der Waals surface area contributed by atoms with Crippen LogP contribution < -0.4 is 25.4 Å². The number of fused-ring (bicyclic) bond motifs is 7. The number of piperidine rings is 2. The van der Waals surface area contributed by atoms with Crippen LogP contribution in [-0.2, 0) is 11.3 Å². The molecule has 5 heterocycles. The molecule has 2 aromatic rings. The quantitative estimate of drug-likeness (QED) is 0.249. The molecule has 8 atom stereocenters. The monoisotopic (exact) mass is 689 g/mol. The third-order valence-corrected chi connectivity index (χ3v) is 14.8. The zero-order valence-corrected chi connectivity index (χ0v) is 30.6. The molecule has 7 fully saturated rings. The Bertz CT molecular complexity index is 1410. The van der Waals surface area contributed by atoms with Crippen molar-refractivity contribution < 1.29 is 9.47 Å². The zero-order chi connectivity index (χ0) is 33.1. The summed E-state index contributed by atoms with van der Waals surface area (Å²) in [7, 11) is 0. The lowest BCUT2D eigenvalue weighted by atomic mass is 9.90. The van der Waals surface area contributed by atoms with E-state index in [9.17, 15) is 0 Å². The SMILES string of the molecule is CC1(C)C[C@@H]2CCCNC3NC(CCC3OCc3ccccc3)SNCC3CCC(n4ccc(OCCC5C6(CC6)C56CC6)n4)NC3N1C2. The summed E-state index contributed by atoms with van der Waals surface area (Å²) in [4.78, 5) is 2.82. The molecule has 10 heteroatoms. The second-order valence-electron chi connectivity index (χ2n) is 17.2. The highest BCUT2D eigenvalue weighted by Crippen LogP contribution is 2.93. The Hall–Kier alpha value is -1.66. The number of nitrogens with zero attached hydrogens (tertiary/aromatic N) is 3. The van der Waals surface area contributed by atoms with Crippen molar-refractivity contribution in [2.75, 3.05) is 26.2 Å². The van der Waals surface area contributed by atoms with E-state index in [4.69, 9.17) is 14.6 Å². The Morgan fingerprint density at radius 3 is 2.61 bits per heavy atom. The van der Waals surface area contributed by atoms with Gasteiger partial charge in [0.05, 0.1) is 37.0 Å². The van der Waals surface area contributed by atoms with Gasteiger partial charge in [-0.25, -0.2) is 0 Å². The number of aromatic nitrogens is 2. The molecule has 4 N–H and O–H groups in total. The highest BCUT2D eigenvalue weighted by molar-refractivity contribution is 7.98. The fourth-order valence-corrected chi connectivity index (χ4v) is 12.0. The van der Waals surface area contributed by atoms with Crippen LogP contribution in [0.5, 0.6) is 5.88 Å². The van der Waals surface area contributed by atoms with Gasteiger partial charge in [0.25, 0.3) is 0 Å². The van der Waals surface area contributed by atoms with Crippen LogP contribution in [0, 0.1) is 28.6 Å². The predicted octanol–water partition coefficient (Wildman–Crippen LogP) is 6.01. The maximum atomic E-state index is 6.50. The molecule has 4 saturated heterocycles. The first-order valence-electron chi connectivity index (χ1n) is 19.7. The lowest BCUT2D eigenvalue weighted by Crippen LogP contribution is -2.61. The van der Waals surface area contributed by atoms with Crippen molar-refractivity contribution in [3.05, 3.63) is 48.2 Å². The van der Waals surface area contributed by atoms with Gasteiger partial charge in [-0.15, -0.1) is 5.10 Å². The van der Waals surface area contributed by atoms with Gasteiger partial charge in [-0.3, -0.25) is 30.3 Å². The van der Waals surface area contributed by atoms with Crippen molar-refractivity contribution in [2.24, 2.45) is 28.6 Å². The van der Waals surface area contributed by atoms with Gasteiger partial charge in [0.1, 0.15) is 6.17 Å². The van der Waals surface area contributed by atoms with Gasteiger partial charge in [-0.1, -0.05) is 42.3 Å². The molecule has 9 rings (SSSR count). The van der Waals surface area contributed by atoms with Gasteiger partial charge in [-0.05, 0) is 126 Å². The smallest absolute Gasteiger partial charge is 0.232 e. The third-order valence-electron chi connectivity index (χ3n) is 13.8. The molecule has 1 aromatic heterocycles. The van der Waals surface area contributed by atoms with Gasteiger partial charge in [0.2, 0.25) is 5.88 Å². The molecular formula is C39H59N7O2S. The average molecular weight is 690 g/mol. The molecule has 3 aliphatic carbocycles. The normalized spacial score (nSPS) is 37.6. The van der Waals surface area contributed by atoms with Crippen LogP contribution in [0.15, 0.2) is 42.6 Å². The van der Waals surface area contributed by atoms with Crippen molar-refractivity contribution in [3.63, 3.8) is 0 Å². The standard InChI is InChI=1S/C39H59N7O2S/c1-37(2)23-28-9-6-20-40-35-30(48-26-27-7-4-3-5-8-27)11-13-34(43-35)49-41-24-29-10-12-32(42-36(29)45(37)25-28)46-21-14-33(44-46)47-22-15-31-38(16-17-38)39(31)18-19-39/h3-5,7-8,14,21,28-32,34-36,40-43H,6,9-13,15-20,22-26H2,1-2H3/t28-,29?,30?,32?,34?,35?,36?/m0/s1. The highest BCUT2D eigenvalue weighted by atomic mass is 32.2. The molecule has 2 spiro atoms. The highest BCUT2D eigenvalue weighted by Gasteiger charge is 2.85. The van der Waals surface area contributed by atoms with E-state index in [0.29, 0.717) is 30.0 Å². The summed E-state index contributed by atoms with van der Waals surface area (Å²) in [6.07, 6.45) is 18.2. The molecule has 3 saturated carbocycles. The summed E-state index contributed by atoms with van der Waals surface area (Å²) >= 11 is 1.88. The van der Waals surface area contributed by atoms with Gasteiger partial charge < -0.3 is 9.47 Å². The molecule has 49 heavy (non-hydrogen) atoms. The third kappa shape index (κ3) is 6.62. The zero-order valence-electron chi connectivity index (χ0n) is 29.7. The average Bonchev–Trinajstić information content (AvgIpc) is 4.06. The second-order valence-corrected chi connectivity index (χ2v) is 18.3. The van der Waals surface area contributed by atoms with E-state index in [2.05, 4.69) is 86.7 Å². The fourth-order valence-electron chi connectivity index (χ4n) is 11.0. The maximum absolute atomic E-state index is 6.50. The first kappa shape index (κ1) is 33.2. The first-order chi connectivity index (χ1) is 23.9. The Kier molecular flexibility index (Phi) is 9.07. The van der Waals surface area contributed by atoms with Crippen molar-refractivity contribution in [1.29, 1.82) is 0 Å². The van der Waals surface area contributed by atoms with Crippen LogP contribution in [0.3, 0.4) is 0 Å². The van der Waals surface area contributed by atoms with E-state index < -0.39 is 0 Å². The maximum Gasteiger partial charge on any atom is 0.232 e. The fraction of sp³-hybridized carbons (Fsp3) is 0.769. The Labute approximate surface area is 297 Å². The molecule has 9 nitrogen and oxygen atoms in total. The first-order valence-corrected chi connectivity index (χ1v) is 20.5. The second kappa shape index (κ2) is 13.4. The van der Waals surface area contributed by atoms with Crippen molar-refractivity contribution in [2.45, 2.75) is 133 Å². The van der Waals surface area contributed by atoms with Gasteiger partial charge >= 0.3 is 0 Å². The van der Waals surface area contributed by atoms with Crippen LogP contribution in [0.25, 0.3) is 0 Å². The molecule has 4 aliphatic heterocycles. The number of benzene rings is 1. The topological polar surface area (TPSA) is 87.6 Å². The minimum Gasteiger partial charge on any atom is -0.477 e. The lowest BCUT2D eigenvalue weighted by molar-refractivity contribution is -0.0140. The number of ether oxygens (including phenoxy) is 2. The van der Waals surface area contributed by atoms with Crippen molar-refractivity contribution in [3.8, 4) is 5.88 Å². The molecule has 0 radical (unpaired) electrons. The van der Waals surface area contributed by atoms with Gasteiger partial charge in [0, 0.05) is 36.8 Å². The van der Waals surface area contributed by atoms with Crippen LogP contribution in [0.2, 0.25) is 0 Å². The predicted molar refractivity (Wildman–Crippen MR) is 195 cm³/mol. The van der Waals surface area contributed by atoms with Crippen LogP contribution in [0.1, 0.15) is 103 Å². The minimum absolute atomic E-state index is 0.160. The van der Waals surface area contributed by atoms with E-state index in [-0.39, 0.29) is 24.0 Å². The Morgan fingerprint density at radius 1 is 0.959 bits per heavy atom. The summed E-state index contributed by atoms with van der Waals surface area (Å²) < 4.78 is 18.8. The minimum atomic E-state index is 0.160. The molecule has 1 aromatic carbocycles.